The van der Waals surface area contributed by atoms with Gasteiger partial charge in [-0.3, -0.25) is 4.79 Å². The first-order valence-corrected chi connectivity index (χ1v) is 5.40. The van der Waals surface area contributed by atoms with E-state index in [2.05, 4.69) is 40.1 Å². The van der Waals surface area contributed by atoms with Gasteiger partial charge in [-0.2, -0.15) is 0 Å². The van der Waals surface area contributed by atoms with E-state index < -0.39 is 0 Å². The standard InChI is InChI=1S/C9H9IN2OS/c10-6-2-1-3-7(4-6)12-9(13)5-8(11)14/h1-4H,5H2,(H2,11,14)(H,12,13). The molecule has 0 fully saturated rings. The van der Waals surface area contributed by atoms with Crippen LogP contribution in [0.1, 0.15) is 6.42 Å². The van der Waals surface area contributed by atoms with Crippen molar-refractivity contribution in [1.82, 2.24) is 0 Å². The van der Waals surface area contributed by atoms with E-state index in [0.29, 0.717) is 0 Å². The Morgan fingerprint density at radius 2 is 2.29 bits per heavy atom. The van der Waals surface area contributed by atoms with E-state index in [1.54, 1.807) is 0 Å². The molecule has 0 saturated carbocycles. The summed E-state index contributed by atoms with van der Waals surface area (Å²) in [6, 6.07) is 7.51. The highest BCUT2D eigenvalue weighted by molar-refractivity contribution is 14.1. The van der Waals surface area contributed by atoms with Gasteiger partial charge in [-0.25, -0.2) is 0 Å². The van der Waals surface area contributed by atoms with Crippen molar-refractivity contribution in [2.24, 2.45) is 5.73 Å². The summed E-state index contributed by atoms with van der Waals surface area (Å²) in [6.07, 6.45) is 0.0841. The Morgan fingerprint density at radius 1 is 1.57 bits per heavy atom. The highest BCUT2D eigenvalue weighted by Gasteiger charge is 2.03. The summed E-state index contributed by atoms with van der Waals surface area (Å²) in [6.45, 7) is 0. The second-order valence-corrected chi connectivity index (χ2v) is 4.47. The van der Waals surface area contributed by atoms with Crippen molar-refractivity contribution in [2.45, 2.75) is 6.42 Å². The first-order valence-electron chi connectivity index (χ1n) is 3.91. The number of hydrogen-bond acceptors (Lipinski definition) is 2. The van der Waals surface area contributed by atoms with E-state index >= 15 is 0 Å². The molecule has 1 rings (SSSR count). The minimum Gasteiger partial charge on any atom is -0.393 e. The third-order valence-corrected chi connectivity index (χ3v) is 2.26. The van der Waals surface area contributed by atoms with Crippen LogP contribution in [0.15, 0.2) is 24.3 Å². The molecule has 0 aliphatic carbocycles. The number of thiocarbonyl (C=S) groups is 1. The molecule has 3 N–H and O–H groups in total. The van der Waals surface area contributed by atoms with Crippen LogP contribution >= 0.6 is 34.8 Å². The lowest BCUT2D eigenvalue weighted by Gasteiger charge is -2.04. The summed E-state index contributed by atoms with van der Waals surface area (Å²) in [5.41, 5.74) is 6.01. The van der Waals surface area contributed by atoms with Crippen LogP contribution in [0.5, 0.6) is 0 Å². The van der Waals surface area contributed by atoms with Crippen molar-refractivity contribution in [2.75, 3.05) is 5.32 Å². The fraction of sp³-hybridized carbons (Fsp3) is 0.111. The molecule has 0 atom stereocenters. The molecule has 0 bridgehead atoms. The third kappa shape index (κ3) is 4.01. The summed E-state index contributed by atoms with van der Waals surface area (Å²) in [5, 5.41) is 2.70. The lowest BCUT2D eigenvalue weighted by atomic mass is 10.3. The molecule has 5 heteroatoms. The number of carbonyl (C=O) groups excluding carboxylic acids is 1. The van der Waals surface area contributed by atoms with Gasteiger partial charge in [0.25, 0.3) is 0 Å². The van der Waals surface area contributed by atoms with Crippen molar-refractivity contribution in [1.29, 1.82) is 0 Å². The monoisotopic (exact) mass is 320 g/mol. The van der Waals surface area contributed by atoms with Crippen molar-refractivity contribution in [3.63, 3.8) is 0 Å². The third-order valence-electron chi connectivity index (χ3n) is 1.44. The van der Waals surface area contributed by atoms with Gasteiger partial charge in [0.05, 0.1) is 11.4 Å². The van der Waals surface area contributed by atoms with Crippen LogP contribution in [0.3, 0.4) is 0 Å². The van der Waals surface area contributed by atoms with E-state index in [9.17, 15) is 4.79 Å². The number of carbonyl (C=O) groups is 1. The van der Waals surface area contributed by atoms with E-state index in [1.807, 2.05) is 24.3 Å². The number of halogens is 1. The lowest BCUT2D eigenvalue weighted by molar-refractivity contribution is -0.115. The Bertz CT molecular complexity index is 368. The highest BCUT2D eigenvalue weighted by atomic mass is 127. The molecule has 14 heavy (non-hydrogen) atoms. The first-order chi connectivity index (χ1) is 6.58. The lowest BCUT2D eigenvalue weighted by Crippen LogP contribution is -2.20. The molecule has 0 heterocycles. The molecule has 0 radical (unpaired) electrons. The SMILES string of the molecule is NC(=S)CC(=O)Nc1cccc(I)c1. The van der Waals surface area contributed by atoms with Crippen molar-refractivity contribution in [3.05, 3.63) is 27.8 Å². The van der Waals surface area contributed by atoms with Gasteiger partial charge in [-0.15, -0.1) is 0 Å². The summed E-state index contributed by atoms with van der Waals surface area (Å²) >= 11 is 6.81. The van der Waals surface area contributed by atoms with Crippen molar-refractivity contribution >= 4 is 51.4 Å². The molecular formula is C9H9IN2OS. The molecule has 3 nitrogen and oxygen atoms in total. The maximum Gasteiger partial charge on any atom is 0.231 e. The Morgan fingerprint density at radius 3 is 2.86 bits per heavy atom. The molecule has 0 aliphatic rings. The Kier molecular flexibility index (Phi) is 4.27. The molecule has 1 amide bonds. The Hall–Kier alpha value is -0.690. The number of nitrogens with two attached hydrogens (primary N) is 1. The maximum atomic E-state index is 11.3. The number of benzene rings is 1. The van der Waals surface area contributed by atoms with Gasteiger partial charge in [0.1, 0.15) is 0 Å². The van der Waals surface area contributed by atoms with E-state index in [1.165, 1.54) is 0 Å². The summed E-state index contributed by atoms with van der Waals surface area (Å²) in [5.74, 6) is -0.181. The molecule has 0 spiro atoms. The van der Waals surface area contributed by atoms with Crippen LogP contribution in [0, 0.1) is 3.57 Å². The van der Waals surface area contributed by atoms with Crippen LogP contribution in [-0.4, -0.2) is 10.9 Å². The van der Waals surface area contributed by atoms with Crippen molar-refractivity contribution < 1.29 is 4.79 Å². The number of nitrogens with one attached hydrogen (secondary N) is 1. The average Bonchev–Trinajstić information content (AvgIpc) is 2.01. The van der Waals surface area contributed by atoms with Crippen LogP contribution in [0.2, 0.25) is 0 Å². The largest absolute Gasteiger partial charge is 0.393 e. The van der Waals surface area contributed by atoms with Crippen LogP contribution in [0.25, 0.3) is 0 Å². The fourth-order valence-corrected chi connectivity index (χ4v) is 1.60. The second kappa shape index (κ2) is 5.26. The van der Waals surface area contributed by atoms with Gasteiger partial charge in [0.2, 0.25) is 5.91 Å². The van der Waals surface area contributed by atoms with Crippen molar-refractivity contribution in [3.8, 4) is 0 Å². The predicted molar refractivity (Wildman–Crippen MR) is 69.2 cm³/mol. The summed E-state index contributed by atoms with van der Waals surface area (Å²) in [7, 11) is 0. The number of rotatable bonds is 3. The van der Waals surface area contributed by atoms with Gasteiger partial charge < -0.3 is 11.1 Å². The van der Waals surface area contributed by atoms with Gasteiger partial charge in [0.15, 0.2) is 0 Å². The highest BCUT2D eigenvalue weighted by Crippen LogP contribution is 2.12. The maximum absolute atomic E-state index is 11.3. The molecular weight excluding hydrogens is 311 g/mol. The topological polar surface area (TPSA) is 55.1 Å². The van der Waals surface area contributed by atoms with Gasteiger partial charge in [-0.1, -0.05) is 18.3 Å². The van der Waals surface area contributed by atoms with Crippen LogP contribution < -0.4 is 11.1 Å². The van der Waals surface area contributed by atoms with Gasteiger partial charge in [-0.05, 0) is 40.8 Å². The zero-order valence-corrected chi connectivity index (χ0v) is 10.3. The molecule has 0 aromatic heterocycles. The van der Waals surface area contributed by atoms with E-state index in [-0.39, 0.29) is 17.3 Å². The molecule has 1 aromatic carbocycles. The molecule has 0 unspecified atom stereocenters. The number of hydrogen-bond donors (Lipinski definition) is 2. The minimum absolute atomic E-state index is 0.0841. The first kappa shape index (κ1) is 11.4. The Balaban J connectivity index is 2.60. The molecule has 0 aliphatic heterocycles. The van der Waals surface area contributed by atoms with Gasteiger partial charge >= 0.3 is 0 Å². The number of anilines is 1. The smallest absolute Gasteiger partial charge is 0.231 e. The Labute approximate surface area is 101 Å². The normalized spacial score (nSPS) is 9.50. The van der Waals surface area contributed by atoms with Crippen LogP contribution in [-0.2, 0) is 4.79 Å². The number of amides is 1. The average molecular weight is 320 g/mol. The summed E-state index contributed by atoms with van der Waals surface area (Å²) < 4.78 is 1.07. The fourth-order valence-electron chi connectivity index (χ4n) is 0.930. The van der Waals surface area contributed by atoms with Gasteiger partial charge in [0, 0.05) is 9.26 Å². The zero-order valence-electron chi connectivity index (χ0n) is 7.29. The van der Waals surface area contributed by atoms with E-state index in [4.69, 9.17) is 5.73 Å². The minimum atomic E-state index is -0.181. The quantitative estimate of drug-likeness (QED) is 0.661. The predicted octanol–water partition coefficient (Wildman–Crippen LogP) is 1.91. The molecule has 0 saturated heterocycles. The van der Waals surface area contributed by atoms with E-state index in [0.717, 1.165) is 9.26 Å². The zero-order chi connectivity index (χ0) is 10.6. The second-order valence-electron chi connectivity index (χ2n) is 2.70. The molecule has 1 aromatic rings. The molecule has 74 valence electrons. The van der Waals surface area contributed by atoms with Crippen LogP contribution in [0.4, 0.5) is 5.69 Å². The summed E-state index contributed by atoms with van der Waals surface area (Å²) in [4.78, 5) is 11.5.